The van der Waals surface area contributed by atoms with Crippen LogP contribution < -0.4 is 5.32 Å². The monoisotopic (exact) mass is 679 g/mol. The van der Waals surface area contributed by atoms with Gasteiger partial charge in [0.05, 0.1) is 17.2 Å². The van der Waals surface area contributed by atoms with Gasteiger partial charge in [0.1, 0.15) is 28.7 Å². The lowest BCUT2D eigenvalue weighted by Crippen LogP contribution is -2.53. The number of esters is 1. The molecule has 1 unspecified atom stereocenters. The fourth-order valence-corrected chi connectivity index (χ4v) is 8.58. The number of halogens is 4. The Morgan fingerprint density at radius 3 is 2.20 bits per heavy atom. The van der Waals surface area contributed by atoms with Crippen LogP contribution in [0.4, 0.5) is 8.78 Å². The van der Waals surface area contributed by atoms with Crippen molar-refractivity contribution in [3.63, 3.8) is 0 Å². The number of nitriles is 1. The van der Waals surface area contributed by atoms with E-state index < -0.39 is 61.1 Å². The van der Waals surface area contributed by atoms with Crippen LogP contribution in [0, 0.1) is 33.8 Å². The van der Waals surface area contributed by atoms with Crippen molar-refractivity contribution in [2.75, 3.05) is 0 Å². The molecule has 5 nitrogen and oxygen atoms in total. The summed E-state index contributed by atoms with van der Waals surface area (Å²) >= 11 is 12.5. The number of carbonyl (C=O) groups excluding carboxylic acids is 1. The van der Waals surface area contributed by atoms with Gasteiger partial charge in [-0.1, -0.05) is 76.0 Å². The van der Waals surface area contributed by atoms with Crippen molar-refractivity contribution < 1.29 is 22.7 Å². The summed E-state index contributed by atoms with van der Waals surface area (Å²) in [5, 5.41) is 14.7. The average molecular weight is 681 g/mol. The summed E-state index contributed by atoms with van der Waals surface area (Å²) in [5.41, 5.74) is -3.38. The Morgan fingerprint density at radius 2 is 1.71 bits per heavy atom. The van der Waals surface area contributed by atoms with Gasteiger partial charge in [0.15, 0.2) is 0 Å². The second kappa shape index (κ2) is 14.0. The first-order valence-corrected chi connectivity index (χ1v) is 18.7. The number of rotatable bonds is 10. The molecule has 5 atom stereocenters. The molecule has 1 saturated heterocycles. The van der Waals surface area contributed by atoms with E-state index in [1.165, 1.54) is 24.3 Å². The van der Waals surface area contributed by atoms with Crippen molar-refractivity contribution >= 4 is 38.2 Å². The smallest absolute Gasteiger partial charge is 0.324 e. The Balaban J connectivity index is 2.44. The van der Waals surface area contributed by atoms with E-state index in [0.717, 1.165) is 6.07 Å². The molecule has 1 N–H and O–H groups in total. The molecule has 1 fully saturated rings. The van der Waals surface area contributed by atoms with E-state index in [2.05, 4.69) is 59.1 Å². The van der Waals surface area contributed by atoms with E-state index in [-0.39, 0.29) is 32.7 Å². The molecule has 1 aliphatic heterocycles. The number of hydrogen-bond donors (Lipinski definition) is 1. The fourth-order valence-electron chi connectivity index (χ4n) is 7.17. The van der Waals surface area contributed by atoms with Gasteiger partial charge in [0, 0.05) is 22.5 Å². The van der Waals surface area contributed by atoms with E-state index >= 15 is 8.78 Å². The molecule has 0 bridgehead atoms. The minimum atomic E-state index is -1.77. The highest BCUT2D eigenvalue weighted by atomic mass is 35.5. The van der Waals surface area contributed by atoms with E-state index in [9.17, 15) is 10.1 Å². The average Bonchev–Trinajstić information content (AvgIpc) is 3.24. The maximum atomic E-state index is 16.2. The highest BCUT2D eigenvalue weighted by molar-refractivity contribution is 6.48. The molecule has 3 rings (SSSR count). The topological polar surface area (TPSA) is 71.3 Å². The molecule has 0 aliphatic carbocycles. The van der Waals surface area contributed by atoms with Gasteiger partial charge in [-0.05, 0) is 87.7 Å². The van der Waals surface area contributed by atoms with E-state index in [1.54, 1.807) is 26.8 Å². The van der Waals surface area contributed by atoms with Crippen molar-refractivity contribution in [1.29, 1.82) is 5.26 Å². The Bertz CT molecular complexity index is 1420. The lowest BCUT2D eigenvalue weighted by Gasteiger charge is -2.50. The van der Waals surface area contributed by atoms with Crippen molar-refractivity contribution in [2.24, 2.45) is 10.8 Å². The number of nitrogens with zero attached hydrogens (tertiary/aromatic N) is 1. The summed E-state index contributed by atoms with van der Waals surface area (Å²) in [7, 11) is -1.15. The van der Waals surface area contributed by atoms with E-state index in [0.29, 0.717) is 19.3 Å². The summed E-state index contributed by atoms with van der Waals surface area (Å²) in [6, 6.07) is 9.02. The lowest BCUT2D eigenvalue weighted by atomic mass is 9.58. The maximum absolute atomic E-state index is 16.2. The van der Waals surface area contributed by atoms with Gasteiger partial charge >= 0.3 is 5.97 Å². The predicted molar refractivity (Wildman–Crippen MR) is 179 cm³/mol. The number of ether oxygens (including phenoxy) is 1. The first-order chi connectivity index (χ1) is 20.8. The summed E-state index contributed by atoms with van der Waals surface area (Å²) in [5.74, 6) is -3.36. The molecule has 1 heterocycles. The van der Waals surface area contributed by atoms with Gasteiger partial charge in [-0.3, -0.25) is 10.1 Å². The summed E-state index contributed by atoms with van der Waals surface area (Å²) in [6.07, 6.45) is 1.50. The van der Waals surface area contributed by atoms with Gasteiger partial charge in [-0.15, -0.1) is 0 Å². The molecule has 1 radical (unpaired) electrons. The lowest BCUT2D eigenvalue weighted by molar-refractivity contribution is -0.157. The molecule has 0 saturated carbocycles. The number of carbonyl (C=O) groups is 1. The molecule has 247 valence electrons. The molecule has 2 aromatic rings. The molecule has 10 heteroatoms. The first-order valence-electron chi connectivity index (χ1n) is 15.5. The minimum absolute atomic E-state index is 0.0207. The standard InChI is InChI=1S/C35H47Cl2F2N2O3Si/c1-11-34(12-2,31(32(3,4)5)44-45(9)10)19-26-35(20-40,23-17-16-21(36)18-25(23)38)27(22-14-13-15-24(37)28(22)39)29(41-26)30(42)43-33(6,7)8/h13-18,26-27,29,31,41H,11-12,19H2,1-10H3/t26-,27-,29+,31?,35-/m0/s1. The molecular formula is C35H47Cl2F2N2O3Si. The van der Waals surface area contributed by atoms with Crippen LogP contribution in [-0.2, 0) is 19.4 Å². The highest BCUT2D eigenvalue weighted by Crippen LogP contribution is 2.55. The van der Waals surface area contributed by atoms with Crippen LogP contribution >= 0.6 is 23.2 Å². The van der Waals surface area contributed by atoms with Crippen molar-refractivity contribution in [2.45, 2.75) is 123 Å². The number of hydrogen-bond acceptors (Lipinski definition) is 5. The maximum Gasteiger partial charge on any atom is 0.324 e. The van der Waals surface area contributed by atoms with Crippen LogP contribution in [0.5, 0.6) is 0 Å². The molecular weight excluding hydrogens is 633 g/mol. The summed E-state index contributed by atoms with van der Waals surface area (Å²) < 4.78 is 44.8. The predicted octanol–water partition coefficient (Wildman–Crippen LogP) is 9.38. The highest BCUT2D eigenvalue weighted by Gasteiger charge is 2.63. The first kappa shape index (κ1) is 37.4. The van der Waals surface area contributed by atoms with Crippen LogP contribution in [0.3, 0.4) is 0 Å². The second-order valence-corrected chi connectivity index (χ2v) is 17.4. The van der Waals surface area contributed by atoms with Crippen LogP contribution in [0.25, 0.3) is 0 Å². The Hall–Kier alpha value is -2.02. The normalized spacial score (nSPS) is 23.2. The molecule has 0 spiro atoms. The Morgan fingerprint density at radius 1 is 1.09 bits per heavy atom. The van der Waals surface area contributed by atoms with Crippen LogP contribution in [0.15, 0.2) is 36.4 Å². The van der Waals surface area contributed by atoms with Gasteiger partial charge in [-0.25, -0.2) is 8.78 Å². The molecule has 0 amide bonds. The zero-order valence-electron chi connectivity index (χ0n) is 28.1. The SMILES string of the molecule is CCC(CC)(C[C@@H]1N[C@@H](C(=O)OC(C)(C)C)[C@H](c2cccc(Cl)c2F)[C@@]1(C#N)c1ccc(Cl)cc1F)C(O[Si](C)C)C(C)(C)C. The van der Waals surface area contributed by atoms with E-state index in [1.807, 2.05) is 0 Å². The van der Waals surface area contributed by atoms with Crippen LogP contribution in [0.1, 0.15) is 91.7 Å². The van der Waals surface area contributed by atoms with Crippen LogP contribution in [0.2, 0.25) is 23.1 Å². The number of nitrogens with one attached hydrogen (secondary N) is 1. The minimum Gasteiger partial charge on any atom is -0.459 e. The summed E-state index contributed by atoms with van der Waals surface area (Å²) in [4.78, 5) is 14.0. The third-order valence-electron chi connectivity index (χ3n) is 9.01. The van der Waals surface area contributed by atoms with Crippen molar-refractivity contribution in [3.05, 3.63) is 69.2 Å². The van der Waals surface area contributed by atoms with Crippen molar-refractivity contribution in [3.8, 4) is 6.07 Å². The number of benzene rings is 2. The zero-order chi connectivity index (χ0) is 34.1. The van der Waals surface area contributed by atoms with Gasteiger partial charge < -0.3 is 9.16 Å². The quantitative estimate of drug-likeness (QED) is 0.200. The van der Waals surface area contributed by atoms with Crippen molar-refractivity contribution in [1.82, 2.24) is 5.32 Å². The third kappa shape index (κ3) is 7.60. The zero-order valence-corrected chi connectivity index (χ0v) is 30.6. The second-order valence-electron chi connectivity index (χ2n) is 14.5. The Kier molecular flexibility index (Phi) is 11.6. The van der Waals surface area contributed by atoms with Gasteiger partial charge in [-0.2, -0.15) is 5.26 Å². The molecule has 45 heavy (non-hydrogen) atoms. The summed E-state index contributed by atoms with van der Waals surface area (Å²) in [6.45, 7) is 20.0. The molecule has 0 aromatic heterocycles. The van der Waals surface area contributed by atoms with Gasteiger partial charge in [0.2, 0.25) is 9.04 Å². The fraction of sp³-hybridized carbons (Fsp3) is 0.600. The molecule has 2 aromatic carbocycles. The van der Waals surface area contributed by atoms with E-state index in [4.69, 9.17) is 32.4 Å². The Labute approximate surface area is 279 Å². The largest absolute Gasteiger partial charge is 0.459 e. The third-order valence-corrected chi connectivity index (χ3v) is 10.2. The van der Waals surface area contributed by atoms with Gasteiger partial charge in [0.25, 0.3) is 0 Å². The van der Waals surface area contributed by atoms with Crippen LogP contribution in [-0.4, -0.2) is 38.8 Å². The molecule has 1 aliphatic rings.